The molecular weight excluding hydrogens is 2570 g/mol. The predicted molar refractivity (Wildman–Crippen MR) is 519 cm³/mol. The fourth-order valence-electron chi connectivity index (χ4n) is 16.4. The van der Waals surface area contributed by atoms with Gasteiger partial charge < -0.3 is 32.1 Å². The number of para-hydroxylation sites is 3. The second kappa shape index (κ2) is 48.1. The Morgan fingerprint density at radius 1 is 0.326 bits per heavy atom. The normalized spacial score (nSPS) is 10.7. The number of nitrogens with zero attached hydrogens (tertiary/aromatic N) is 15. The minimum Gasteiger partial charge on any atom is -0.360 e. The first kappa shape index (κ1) is 103. The van der Waals surface area contributed by atoms with Crippen LogP contribution in [-0.2, 0) is 101 Å². The first-order valence-corrected chi connectivity index (χ1v) is 43.5. The van der Waals surface area contributed by atoms with E-state index in [9.17, 15) is 8.78 Å². The third kappa shape index (κ3) is 23.4. The van der Waals surface area contributed by atoms with Crippen molar-refractivity contribution < 1.29 is 109 Å². The van der Waals surface area contributed by atoms with E-state index in [1.807, 2.05) is 175 Å². The molecule has 689 valence electrons. The van der Waals surface area contributed by atoms with Crippen molar-refractivity contribution in [3.8, 4) is 102 Å². The van der Waals surface area contributed by atoms with Crippen molar-refractivity contribution in [2.45, 2.75) is 107 Å². The molecule has 135 heavy (non-hydrogen) atoms. The van der Waals surface area contributed by atoms with Crippen LogP contribution in [0.25, 0.3) is 135 Å². The van der Waals surface area contributed by atoms with Gasteiger partial charge in [-0.25, -0.2) is 0 Å². The zero-order chi connectivity index (χ0) is 90.3. The van der Waals surface area contributed by atoms with E-state index in [1.165, 1.54) is 61.6 Å². The van der Waals surface area contributed by atoms with Crippen molar-refractivity contribution in [1.82, 2.24) is 72.2 Å². The second-order valence-corrected chi connectivity index (χ2v) is 32.8. The molecule has 0 unspecified atom stereocenters. The van der Waals surface area contributed by atoms with E-state index >= 15 is 0 Å². The SMILES string of the molecule is CC(C)c1cc(-c2ccccc2)cc(C(C)C)c1-n1ccnc1-c1[c-]cccc1.CC(C)c1cccc(C(C)C)c1-n1ccnc1-c1[c-]cccc1.Cc1cccc(C)c1-n1ccnc1-c1[c-]cc(F)cc1F.Cc1cccc(C)c1-n1ccnc1-c1[c-]ccnc1.[Ir].[Ir].[Ir].[Ir].[Ir].[c-]1cccc2cc(-c3ccccc3)n3cnnc3c12.[c-]1cccc2nc(-c3ccccc3)n3ccnc3c12. The van der Waals surface area contributed by atoms with Crippen LogP contribution in [0.2, 0.25) is 0 Å². The molecule has 9 heterocycles. The fraction of sp³-hybridized carbons (Fsp3) is 0.142. The van der Waals surface area contributed by atoms with E-state index in [0.29, 0.717) is 29.5 Å². The average Bonchev–Trinajstić information content (AvgIpc) is 1.61. The van der Waals surface area contributed by atoms with Crippen molar-refractivity contribution in [3.05, 3.63) is 440 Å². The molecule has 5 radical (unpaired) electrons. The molecule has 0 atom stereocenters. The molecule has 0 saturated heterocycles. The topological polar surface area (TPSA) is 145 Å². The van der Waals surface area contributed by atoms with Gasteiger partial charge in [0.25, 0.3) is 0 Å². The molecule has 21 aromatic rings. The van der Waals surface area contributed by atoms with Crippen LogP contribution in [0.15, 0.2) is 348 Å². The quantitative estimate of drug-likeness (QED) is 0.0916. The number of imidazole rings is 5. The molecule has 0 bridgehead atoms. The summed E-state index contributed by atoms with van der Waals surface area (Å²) in [6, 6.07) is 107. The van der Waals surface area contributed by atoms with Crippen molar-refractivity contribution >= 4 is 33.0 Å². The van der Waals surface area contributed by atoms with E-state index in [1.54, 1.807) is 47.9 Å². The molecule has 0 amide bonds. The number of aryl methyl sites for hydroxylation is 4. The molecule has 0 fully saturated rings. The van der Waals surface area contributed by atoms with Gasteiger partial charge in [0.1, 0.15) is 12.2 Å². The van der Waals surface area contributed by atoms with Crippen molar-refractivity contribution in [2.75, 3.05) is 0 Å². The molecule has 22 heteroatoms. The van der Waals surface area contributed by atoms with Crippen LogP contribution in [0.3, 0.4) is 0 Å². The van der Waals surface area contributed by atoms with E-state index in [2.05, 4.69) is 299 Å². The maximum absolute atomic E-state index is 14.0. The standard InChI is InChI=1S/C27H27N2.C21H23N2.C17H13F2N2.2C16H10N3.C16H14N3.5Ir/c1-19(2)24-17-23(21-11-7-5-8-12-21)18-25(20(3)4)26(24)29-16-15-28-27(29)22-13-9-6-10-14-22;1-15(2)18-11-8-12-19(16(3)4)20(18)23-14-13-22-21(23)17-9-6-5-7-10-17;1-11-4-3-5-12(2)16(11)21-9-8-20-17(21)14-7-6-13(18)10-15(14)19;1-2-6-12(7-3-1)15-10-13-8-4-5-9-14(13)16-18-17-11-19(15)16;1-2-6-12(7-3-1)15-18-14-9-5-4-8-13(14)16-17-10-11-19(15)16;1-12-5-3-6-13(2)15(12)19-10-9-18-16(19)14-7-4-8-17-11-14;;;;;/h5-13,15-20H,1-4H3;5-9,11-16H,1-4H3;3-6,8-10H,1-2H3;1-8,10-11H;1-7,9-11H;3-6,8-11H,1-2H3;;;;;/q6*-1;;;;;. The average molecular weight is 2660 g/mol. The van der Waals surface area contributed by atoms with Gasteiger partial charge in [0.2, 0.25) is 0 Å². The number of hydrogen-bond donors (Lipinski definition) is 0. The van der Waals surface area contributed by atoms with Gasteiger partial charge in [0.05, 0.1) is 34.6 Å². The van der Waals surface area contributed by atoms with E-state index in [0.717, 1.165) is 119 Å². The molecule has 0 aliphatic rings. The Balaban J connectivity index is 0.000000156. The number of aromatic nitrogens is 15. The molecule has 21 rings (SSSR count). The van der Waals surface area contributed by atoms with Crippen LogP contribution >= 0.6 is 0 Å². The van der Waals surface area contributed by atoms with Gasteiger partial charge in [0.15, 0.2) is 0 Å². The van der Waals surface area contributed by atoms with Crippen LogP contribution in [0.4, 0.5) is 8.78 Å². The Kier molecular flexibility index (Phi) is 36.7. The molecular formula is C113H97F2Ir5N15-6. The summed E-state index contributed by atoms with van der Waals surface area (Å²) in [5.74, 6) is 4.42. The Labute approximate surface area is 855 Å². The molecule has 0 aliphatic heterocycles. The van der Waals surface area contributed by atoms with Crippen LogP contribution in [0.1, 0.15) is 124 Å². The minimum atomic E-state index is -0.673. The van der Waals surface area contributed by atoms with Gasteiger partial charge in [-0.1, -0.05) is 247 Å². The maximum Gasteiger partial charge on any atom is 0.127 e. The predicted octanol–water partition coefficient (Wildman–Crippen LogP) is 27.1. The third-order valence-corrected chi connectivity index (χ3v) is 22.6. The van der Waals surface area contributed by atoms with E-state index in [4.69, 9.17) is 4.98 Å². The maximum atomic E-state index is 14.0. The molecule has 15 nitrogen and oxygen atoms in total. The van der Waals surface area contributed by atoms with Crippen molar-refractivity contribution in [3.63, 3.8) is 0 Å². The number of pyridine rings is 2. The summed E-state index contributed by atoms with van der Waals surface area (Å²) < 4.78 is 39.4. The van der Waals surface area contributed by atoms with Gasteiger partial charge in [-0.3, -0.25) is 38.7 Å². The van der Waals surface area contributed by atoms with E-state index in [-0.39, 0.29) is 106 Å². The monoisotopic (exact) mass is 2670 g/mol. The van der Waals surface area contributed by atoms with Crippen molar-refractivity contribution in [1.29, 1.82) is 0 Å². The first-order valence-electron chi connectivity index (χ1n) is 43.5. The van der Waals surface area contributed by atoms with Gasteiger partial charge >= 0.3 is 0 Å². The van der Waals surface area contributed by atoms with Gasteiger partial charge in [-0.05, 0) is 130 Å². The molecule has 9 aromatic heterocycles. The molecule has 0 aliphatic carbocycles. The Hall–Kier alpha value is -12.5. The molecule has 0 N–H and O–H groups in total. The van der Waals surface area contributed by atoms with Gasteiger partial charge in [-0.2, -0.15) is 5.10 Å². The number of hydrogen-bond acceptors (Lipinski definition) is 9. The molecule has 0 saturated carbocycles. The fourth-order valence-corrected chi connectivity index (χ4v) is 16.4. The third-order valence-electron chi connectivity index (χ3n) is 22.6. The summed E-state index contributed by atoms with van der Waals surface area (Å²) in [5, 5.41) is 11.3. The Morgan fingerprint density at radius 2 is 0.770 bits per heavy atom. The zero-order valence-corrected chi connectivity index (χ0v) is 88.3. The van der Waals surface area contributed by atoms with Crippen LogP contribution in [0.5, 0.6) is 0 Å². The Bertz CT molecular complexity index is 7160. The summed E-state index contributed by atoms with van der Waals surface area (Å²) >= 11 is 0. The van der Waals surface area contributed by atoms with Gasteiger partial charge in [-0.15, -0.1) is 155 Å². The Morgan fingerprint density at radius 3 is 1.27 bits per heavy atom. The minimum absolute atomic E-state index is 0. The summed E-state index contributed by atoms with van der Waals surface area (Å²) in [4.78, 5) is 31.2. The van der Waals surface area contributed by atoms with Crippen LogP contribution in [0, 0.1) is 75.7 Å². The number of halogens is 2. The largest absolute Gasteiger partial charge is 0.360 e. The summed E-state index contributed by atoms with van der Waals surface area (Å²) in [7, 11) is 0. The second-order valence-electron chi connectivity index (χ2n) is 32.8. The summed E-state index contributed by atoms with van der Waals surface area (Å²) in [6.45, 7) is 26.2. The van der Waals surface area contributed by atoms with E-state index < -0.39 is 11.6 Å². The van der Waals surface area contributed by atoms with Gasteiger partial charge in [0, 0.05) is 208 Å². The number of rotatable bonds is 15. The van der Waals surface area contributed by atoms with Crippen LogP contribution < -0.4 is 0 Å². The summed E-state index contributed by atoms with van der Waals surface area (Å²) in [6.07, 6.45) is 24.0. The summed E-state index contributed by atoms with van der Waals surface area (Å²) in [5.41, 5.74) is 26.2. The zero-order valence-electron chi connectivity index (χ0n) is 76.3. The van der Waals surface area contributed by atoms with Crippen LogP contribution in [-0.4, -0.2) is 72.2 Å². The smallest absolute Gasteiger partial charge is 0.127 e. The van der Waals surface area contributed by atoms with Crippen molar-refractivity contribution in [2.24, 2.45) is 0 Å². The molecule has 0 spiro atoms. The molecule has 12 aromatic carbocycles. The first-order chi connectivity index (χ1) is 63.4. The number of fused-ring (bicyclic) bond motifs is 6. The number of benzene rings is 12.